The highest BCUT2D eigenvalue weighted by atomic mass is 16.7. The van der Waals surface area contributed by atoms with E-state index in [9.17, 15) is 10.1 Å². The van der Waals surface area contributed by atoms with Crippen molar-refractivity contribution in [2.75, 3.05) is 7.11 Å². The Bertz CT molecular complexity index is 470. The molecule has 0 N–H and O–H groups in total. The lowest BCUT2D eigenvalue weighted by Crippen LogP contribution is -2.41. The Morgan fingerprint density at radius 1 is 1.40 bits per heavy atom. The first-order valence-electron chi connectivity index (χ1n) is 6.47. The van der Waals surface area contributed by atoms with Gasteiger partial charge in [0.1, 0.15) is 6.20 Å². The van der Waals surface area contributed by atoms with Crippen LogP contribution in [0.3, 0.4) is 0 Å². The molecule has 2 heterocycles. The summed E-state index contributed by atoms with van der Waals surface area (Å²) in [6, 6.07) is 0. The lowest BCUT2D eigenvalue weighted by molar-refractivity contribution is -0.359. The maximum atomic E-state index is 10.9. The van der Waals surface area contributed by atoms with Crippen LogP contribution in [-0.2, 0) is 14.0 Å². The van der Waals surface area contributed by atoms with Gasteiger partial charge in [-0.15, -0.1) is 0 Å². The minimum atomic E-state index is -0.677. The normalized spacial score (nSPS) is 28.1. The van der Waals surface area contributed by atoms with Crippen LogP contribution in [0, 0.1) is 10.1 Å². The number of rotatable bonds is 2. The number of nitro groups is 1. The van der Waals surface area contributed by atoms with Gasteiger partial charge in [-0.1, -0.05) is 0 Å². The highest BCUT2D eigenvalue weighted by Crippen LogP contribution is 2.39. The van der Waals surface area contributed by atoms with Crippen molar-refractivity contribution >= 4 is 13.0 Å². The van der Waals surface area contributed by atoms with Crippen LogP contribution in [0.15, 0.2) is 16.7 Å². The summed E-state index contributed by atoms with van der Waals surface area (Å²) in [5.41, 5.74) is -0.149. The van der Waals surface area contributed by atoms with Gasteiger partial charge in [-0.05, 0) is 37.6 Å². The summed E-state index contributed by atoms with van der Waals surface area (Å²) in [6.07, 6.45) is 1.12. The van der Waals surface area contributed by atoms with Gasteiger partial charge in [0, 0.05) is 19.0 Å². The summed E-state index contributed by atoms with van der Waals surface area (Å²) in [5.74, 6) is -0.187. The standard InChI is InChI=1S/C12H19BN2O5/c1-11(2)12(3,4)20-13(19-11)8-6-9(18-5)10(14-7-8)15(16)17/h7,9H,6H2,1-5H3. The zero-order chi connectivity index (χ0) is 15.1. The summed E-state index contributed by atoms with van der Waals surface area (Å²) in [4.78, 5) is 14.2. The fourth-order valence-electron chi connectivity index (χ4n) is 2.10. The summed E-state index contributed by atoms with van der Waals surface area (Å²) >= 11 is 0. The predicted octanol–water partition coefficient (Wildman–Crippen LogP) is 1.60. The Balaban J connectivity index is 2.22. The van der Waals surface area contributed by atoms with Gasteiger partial charge in [0.15, 0.2) is 6.10 Å². The van der Waals surface area contributed by atoms with Crippen LogP contribution in [0.1, 0.15) is 34.1 Å². The van der Waals surface area contributed by atoms with Crippen molar-refractivity contribution in [1.29, 1.82) is 0 Å². The van der Waals surface area contributed by atoms with E-state index in [0.717, 1.165) is 5.47 Å². The van der Waals surface area contributed by atoms with Gasteiger partial charge in [0.2, 0.25) is 0 Å². The SMILES string of the molecule is COC1CC(B2OC(C)(C)C(C)(C)O2)=CN=C1[N+](=O)[O-]. The van der Waals surface area contributed by atoms with E-state index in [-0.39, 0.29) is 5.84 Å². The molecule has 0 aromatic rings. The van der Waals surface area contributed by atoms with E-state index in [4.69, 9.17) is 14.0 Å². The zero-order valence-corrected chi connectivity index (χ0v) is 12.4. The van der Waals surface area contributed by atoms with Crippen molar-refractivity contribution in [3.8, 4) is 0 Å². The van der Waals surface area contributed by atoms with Gasteiger partial charge in [0.25, 0.3) is 0 Å². The molecule has 20 heavy (non-hydrogen) atoms. The molecule has 8 heteroatoms. The molecule has 0 aromatic heterocycles. The van der Waals surface area contributed by atoms with Crippen molar-refractivity contribution in [2.24, 2.45) is 4.99 Å². The average molecular weight is 282 g/mol. The van der Waals surface area contributed by atoms with Crippen LogP contribution in [0.2, 0.25) is 0 Å². The first-order valence-corrected chi connectivity index (χ1v) is 6.47. The largest absolute Gasteiger partial charge is 0.494 e. The first kappa shape index (κ1) is 15.1. The molecule has 0 aliphatic carbocycles. The second kappa shape index (κ2) is 4.94. The van der Waals surface area contributed by atoms with Gasteiger partial charge in [-0.25, -0.2) is 0 Å². The minimum absolute atomic E-state index is 0.187. The Labute approximate surface area is 118 Å². The third-order valence-electron chi connectivity index (χ3n) is 4.10. The van der Waals surface area contributed by atoms with Crippen LogP contribution < -0.4 is 0 Å². The van der Waals surface area contributed by atoms with Crippen molar-refractivity contribution in [2.45, 2.75) is 51.4 Å². The van der Waals surface area contributed by atoms with Crippen LogP contribution in [-0.4, -0.2) is 42.3 Å². The van der Waals surface area contributed by atoms with Gasteiger partial charge >= 0.3 is 13.0 Å². The number of hydrogen-bond acceptors (Lipinski definition) is 6. The third-order valence-corrected chi connectivity index (χ3v) is 4.10. The van der Waals surface area contributed by atoms with Crippen molar-refractivity contribution in [3.05, 3.63) is 21.8 Å². The van der Waals surface area contributed by atoms with Gasteiger partial charge in [0.05, 0.1) is 11.2 Å². The fraction of sp³-hybridized carbons (Fsp3) is 0.750. The van der Waals surface area contributed by atoms with E-state index in [2.05, 4.69) is 4.99 Å². The second-order valence-corrected chi connectivity index (χ2v) is 5.97. The van der Waals surface area contributed by atoms with Crippen molar-refractivity contribution in [3.63, 3.8) is 0 Å². The third kappa shape index (κ3) is 2.50. The van der Waals surface area contributed by atoms with Gasteiger partial charge in [-0.3, -0.25) is 0 Å². The number of methoxy groups -OCH3 is 1. The topological polar surface area (TPSA) is 83.2 Å². The molecular formula is C12H19BN2O5. The molecule has 1 atom stereocenters. The monoisotopic (exact) mass is 282 g/mol. The lowest BCUT2D eigenvalue weighted by atomic mass is 9.75. The smallest absolute Gasteiger partial charge is 0.399 e. The van der Waals surface area contributed by atoms with Gasteiger partial charge in [-0.2, -0.15) is 0 Å². The van der Waals surface area contributed by atoms with Crippen LogP contribution >= 0.6 is 0 Å². The van der Waals surface area contributed by atoms with E-state index < -0.39 is 29.3 Å². The molecule has 0 amide bonds. The molecule has 0 aromatic carbocycles. The Kier molecular flexibility index (Phi) is 3.74. The molecule has 0 spiro atoms. The van der Waals surface area contributed by atoms with E-state index in [1.165, 1.54) is 13.3 Å². The predicted molar refractivity (Wildman–Crippen MR) is 74.0 cm³/mol. The van der Waals surface area contributed by atoms with Gasteiger partial charge < -0.3 is 24.2 Å². The number of aliphatic imine (C=N–C) groups is 1. The Morgan fingerprint density at radius 3 is 2.40 bits per heavy atom. The molecule has 2 aliphatic rings. The molecule has 1 fully saturated rings. The molecule has 1 saturated heterocycles. The quantitative estimate of drug-likeness (QED) is 0.436. The Hall–Kier alpha value is -1.25. The fourth-order valence-corrected chi connectivity index (χ4v) is 2.10. The second-order valence-electron chi connectivity index (χ2n) is 5.97. The molecule has 0 radical (unpaired) electrons. The van der Waals surface area contributed by atoms with Crippen molar-refractivity contribution < 1.29 is 19.0 Å². The van der Waals surface area contributed by atoms with Crippen LogP contribution in [0.5, 0.6) is 0 Å². The van der Waals surface area contributed by atoms with E-state index in [1.807, 2.05) is 27.7 Å². The highest BCUT2D eigenvalue weighted by Gasteiger charge is 2.53. The number of amidine groups is 1. The number of ether oxygens (including phenoxy) is 1. The van der Waals surface area contributed by atoms with E-state index in [1.54, 1.807) is 0 Å². The van der Waals surface area contributed by atoms with E-state index >= 15 is 0 Å². The molecule has 2 rings (SSSR count). The summed E-state index contributed by atoms with van der Waals surface area (Å²) < 4.78 is 16.9. The first-order chi connectivity index (χ1) is 9.18. The molecular weight excluding hydrogens is 263 g/mol. The van der Waals surface area contributed by atoms with E-state index in [0.29, 0.717) is 6.42 Å². The molecule has 0 saturated carbocycles. The maximum absolute atomic E-state index is 10.9. The zero-order valence-electron chi connectivity index (χ0n) is 12.4. The molecule has 110 valence electrons. The highest BCUT2D eigenvalue weighted by molar-refractivity contribution is 6.54. The lowest BCUT2D eigenvalue weighted by Gasteiger charge is -2.32. The van der Waals surface area contributed by atoms with Crippen LogP contribution in [0.25, 0.3) is 0 Å². The summed E-state index contributed by atoms with van der Waals surface area (Å²) in [6.45, 7) is 7.82. The maximum Gasteiger partial charge on any atom is 0.494 e. The number of hydrogen-bond donors (Lipinski definition) is 0. The minimum Gasteiger partial charge on any atom is -0.399 e. The average Bonchev–Trinajstić information content (AvgIpc) is 2.57. The molecule has 1 unspecified atom stereocenters. The molecule has 2 aliphatic heterocycles. The molecule has 0 bridgehead atoms. The number of nitrogens with zero attached hydrogens (tertiary/aromatic N) is 2. The molecule has 7 nitrogen and oxygen atoms in total. The Morgan fingerprint density at radius 2 is 1.95 bits per heavy atom. The van der Waals surface area contributed by atoms with Crippen molar-refractivity contribution in [1.82, 2.24) is 0 Å². The summed E-state index contributed by atoms with van der Waals surface area (Å²) in [7, 11) is 0.881. The summed E-state index contributed by atoms with van der Waals surface area (Å²) in [5, 5.41) is 10.9. The van der Waals surface area contributed by atoms with Crippen LogP contribution in [0.4, 0.5) is 0 Å².